The van der Waals surface area contributed by atoms with Gasteiger partial charge >= 0.3 is 5.69 Å². The maximum atomic E-state index is 13.4. The largest absolute Gasteiger partial charge is 0.332 e. The Morgan fingerprint density at radius 3 is 2.47 bits per heavy atom. The van der Waals surface area contributed by atoms with Crippen LogP contribution in [0.1, 0.15) is 43.3 Å². The first-order valence-corrected chi connectivity index (χ1v) is 10.3. The molecule has 30 heavy (non-hydrogen) atoms. The number of rotatable bonds is 5. The molecule has 3 heterocycles. The number of allylic oxidation sites excluding steroid dienone is 1. The molecule has 0 fully saturated rings. The van der Waals surface area contributed by atoms with Gasteiger partial charge in [-0.1, -0.05) is 49.4 Å². The molecule has 0 amide bonds. The van der Waals surface area contributed by atoms with E-state index in [1.54, 1.807) is 7.05 Å². The molecule has 0 unspecified atom stereocenters. The van der Waals surface area contributed by atoms with Crippen LogP contribution in [0.2, 0.25) is 0 Å². The summed E-state index contributed by atoms with van der Waals surface area (Å²) in [5, 5.41) is 0. The highest BCUT2D eigenvalue weighted by Crippen LogP contribution is 2.25. The summed E-state index contributed by atoms with van der Waals surface area (Å²) in [7, 11) is 1.67. The molecule has 4 rings (SSSR count). The Hall–Kier alpha value is -3.35. The number of fused-ring (bicyclic) bond motifs is 3. The van der Waals surface area contributed by atoms with Crippen molar-refractivity contribution in [2.45, 2.75) is 46.7 Å². The second-order valence-corrected chi connectivity index (χ2v) is 7.79. The van der Waals surface area contributed by atoms with E-state index in [0.29, 0.717) is 16.9 Å². The number of hydrogen-bond donors (Lipinski definition) is 0. The Balaban J connectivity index is 1.94. The van der Waals surface area contributed by atoms with E-state index in [4.69, 9.17) is 4.98 Å². The van der Waals surface area contributed by atoms with Gasteiger partial charge in [-0.3, -0.25) is 18.3 Å². The monoisotopic (exact) mass is 405 g/mol. The second-order valence-electron chi connectivity index (χ2n) is 7.79. The van der Waals surface area contributed by atoms with Crippen LogP contribution in [0, 0.1) is 13.8 Å². The zero-order valence-corrected chi connectivity index (χ0v) is 18.1. The standard InChI is InChI=1S/C23H27N5O2/c1-6-15(2)27-16(3)17(4)28-19-20(24-22(27)28)25(5)23(30)26(21(19)29)14-10-13-18-11-8-7-9-12-18/h7-13,15H,6,14H2,1-5H3/b13-10-/t15-/m0/s1. The molecule has 4 aromatic rings. The molecule has 0 saturated heterocycles. The van der Waals surface area contributed by atoms with Crippen LogP contribution in [0.4, 0.5) is 0 Å². The fourth-order valence-electron chi connectivity index (χ4n) is 4.00. The first-order chi connectivity index (χ1) is 14.4. The van der Waals surface area contributed by atoms with Gasteiger partial charge in [-0.2, -0.15) is 4.98 Å². The fourth-order valence-corrected chi connectivity index (χ4v) is 4.00. The lowest BCUT2D eigenvalue weighted by atomic mass is 10.2. The van der Waals surface area contributed by atoms with Gasteiger partial charge in [0.1, 0.15) is 0 Å². The lowest BCUT2D eigenvalue weighted by Gasteiger charge is -2.13. The van der Waals surface area contributed by atoms with E-state index in [1.807, 2.05) is 60.7 Å². The summed E-state index contributed by atoms with van der Waals surface area (Å²) in [6.07, 6.45) is 4.70. The molecule has 0 bridgehead atoms. The van der Waals surface area contributed by atoms with Gasteiger partial charge in [0.2, 0.25) is 5.78 Å². The van der Waals surface area contributed by atoms with E-state index >= 15 is 0 Å². The van der Waals surface area contributed by atoms with Crippen molar-refractivity contribution in [1.82, 2.24) is 23.1 Å². The van der Waals surface area contributed by atoms with E-state index in [9.17, 15) is 9.59 Å². The van der Waals surface area contributed by atoms with E-state index in [2.05, 4.69) is 18.4 Å². The van der Waals surface area contributed by atoms with Crippen LogP contribution in [-0.2, 0) is 13.6 Å². The summed E-state index contributed by atoms with van der Waals surface area (Å²) in [6.45, 7) is 8.50. The lowest BCUT2D eigenvalue weighted by Crippen LogP contribution is -2.39. The highest BCUT2D eigenvalue weighted by Gasteiger charge is 2.23. The van der Waals surface area contributed by atoms with Crippen molar-refractivity contribution in [3.8, 4) is 0 Å². The third-order valence-electron chi connectivity index (χ3n) is 5.99. The van der Waals surface area contributed by atoms with Crippen molar-refractivity contribution >= 4 is 23.0 Å². The molecule has 0 aliphatic carbocycles. The van der Waals surface area contributed by atoms with E-state index in [-0.39, 0.29) is 23.8 Å². The number of aryl methyl sites for hydroxylation is 2. The van der Waals surface area contributed by atoms with Crippen molar-refractivity contribution in [2.24, 2.45) is 7.05 Å². The average Bonchev–Trinajstić information content (AvgIpc) is 3.25. The zero-order chi connectivity index (χ0) is 21.6. The molecular formula is C23H27N5O2. The van der Waals surface area contributed by atoms with Crippen molar-refractivity contribution in [3.63, 3.8) is 0 Å². The zero-order valence-electron chi connectivity index (χ0n) is 18.1. The summed E-state index contributed by atoms with van der Waals surface area (Å²) < 4.78 is 6.79. The highest BCUT2D eigenvalue weighted by molar-refractivity contribution is 5.76. The van der Waals surface area contributed by atoms with E-state index in [0.717, 1.165) is 23.4 Å². The summed E-state index contributed by atoms with van der Waals surface area (Å²) in [5.74, 6) is 0.707. The first-order valence-electron chi connectivity index (χ1n) is 10.3. The van der Waals surface area contributed by atoms with E-state index in [1.165, 1.54) is 9.13 Å². The third-order valence-corrected chi connectivity index (χ3v) is 5.99. The van der Waals surface area contributed by atoms with Crippen LogP contribution in [0.15, 0.2) is 46.0 Å². The first kappa shape index (κ1) is 19.9. The van der Waals surface area contributed by atoms with Gasteiger partial charge in [0.15, 0.2) is 11.2 Å². The van der Waals surface area contributed by atoms with Crippen LogP contribution < -0.4 is 11.2 Å². The molecule has 0 radical (unpaired) electrons. The van der Waals surface area contributed by atoms with Crippen LogP contribution in [0.3, 0.4) is 0 Å². The van der Waals surface area contributed by atoms with Gasteiger partial charge in [-0.15, -0.1) is 0 Å². The molecule has 7 heteroatoms. The molecule has 1 atom stereocenters. The van der Waals surface area contributed by atoms with Crippen molar-refractivity contribution in [1.29, 1.82) is 0 Å². The normalized spacial score (nSPS) is 13.1. The summed E-state index contributed by atoms with van der Waals surface area (Å²) in [5.41, 5.74) is 3.25. The van der Waals surface area contributed by atoms with Crippen molar-refractivity contribution in [2.75, 3.05) is 0 Å². The molecule has 0 aliphatic heterocycles. The Morgan fingerprint density at radius 2 is 1.80 bits per heavy atom. The number of imidazole rings is 2. The van der Waals surface area contributed by atoms with Gasteiger partial charge in [0, 0.05) is 31.0 Å². The number of hydrogen-bond acceptors (Lipinski definition) is 3. The Morgan fingerprint density at radius 1 is 1.10 bits per heavy atom. The number of aromatic nitrogens is 5. The van der Waals surface area contributed by atoms with E-state index < -0.39 is 0 Å². The van der Waals surface area contributed by atoms with Gasteiger partial charge in [0.05, 0.1) is 0 Å². The molecule has 0 saturated carbocycles. The van der Waals surface area contributed by atoms with Crippen molar-refractivity contribution < 1.29 is 0 Å². The molecule has 0 N–H and O–H groups in total. The summed E-state index contributed by atoms with van der Waals surface area (Å²) in [4.78, 5) is 31.0. The average molecular weight is 406 g/mol. The minimum atomic E-state index is -0.365. The van der Waals surface area contributed by atoms with Gasteiger partial charge in [-0.05, 0) is 32.8 Å². The Kier molecular flexibility index (Phi) is 4.97. The molecular weight excluding hydrogens is 378 g/mol. The summed E-state index contributed by atoms with van der Waals surface area (Å²) in [6, 6.07) is 10.0. The highest BCUT2D eigenvalue weighted by atomic mass is 16.2. The molecule has 156 valence electrons. The number of nitrogens with zero attached hydrogens (tertiary/aromatic N) is 5. The van der Waals surface area contributed by atoms with Crippen LogP contribution in [-0.4, -0.2) is 23.1 Å². The molecule has 0 aliphatic rings. The predicted octanol–water partition coefficient (Wildman–Crippen LogP) is 3.45. The molecule has 0 spiro atoms. The number of benzene rings is 1. The smallest absolute Gasteiger partial charge is 0.311 e. The Bertz CT molecular complexity index is 1380. The molecule has 3 aromatic heterocycles. The lowest BCUT2D eigenvalue weighted by molar-refractivity contribution is 0.532. The minimum absolute atomic E-state index is 0.202. The third kappa shape index (κ3) is 2.93. The summed E-state index contributed by atoms with van der Waals surface area (Å²) >= 11 is 0. The maximum Gasteiger partial charge on any atom is 0.332 e. The molecule has 1 aromatic carbocycles. The quantitative estimate of drug-likeness (QED) is 0.511. The topological polar surface area (TPSA) is 66.2 Å². The fraction of sp³-hybridized carbons (Fsp3) is 0.348. The SMILES string of the molecule is CC[C@H](C)n1c(C)c(C)n2c3c(=O)n(C/C=C\c4ccccc4)c(=O)n(C)c3nc12. The van der Waals surface area contributed by atoms with Gasteiger partial charge in [0.25, 0.3) is 5.56 Å². The van der Waals surface area contributed by atoms with Crippen LogP contribution >= 0.6 is 0 Å². The van der Waals surface area contributed by atoms with Crippen molar-refractivity contribution in [3.05, 3.63) is 74.2 Å². The maximum absolute atomic E-state index is 13.4. The second kappa shape index (κ2) is 7.48. The van der Waals surface area contributed by atoms with Crippen LogP contribution in [0.25, 0.3) is 23.0 Å². The van der Waals surface area contributed by atoms with Gasteiger partial charge in [-0.25, -0.2) is 4.79 Å². The minimum Gasteiger partial charge on any atom is -0.311 e. The van der Waals surface area contributed by atoms with Gasteiger partial charge < -0.3 is 4.57 Å². The molecule has 7 nitrogen and oxygen atoms in total. The van der Waals surface area contributed by atoms with Crippen LogP contribution in [0.5, 0.6) is 0 Å². The predicted molar refractivity (Wildman–Crippen MR) is 120 cm³/mol. The Labute approximate surface area is 174 Å².